The van der Waals surface area contributed by atoms with Gasteiger partial charge in [-0.1, -0.05) is 53.9 Å². The molecule has 0 heterocycles. The maximum absolute atomic E-state index is 13.5. The van der Waals surface area contributed by atoms with E-state index >= 15 is 0 Å². The summed E-state index contributed by atoms with van der Waals surface area (Å²) in [5.41, 5.74) is 2.68. The molecule has 3 amide bonds. The second-order valence-corrected chi connectivity index (χ2v) is 9.34. The highest BCUT2D eigenvalue weighted by Gasteiger charge is 2.33. The van der Waals surface area contributed by atoms with Crippen molar-refractivity contribution in [3.05, 3.63) is 63.7 Å². The number of nitrogens with one attached hydrogen (secondary N) is 2. The van der Waals surface area contributed by atoms with Crippen molar-refractivity contribution in [3.63, 3.8) is 0 Å². The molecule has 7 nitrogen and oxygen atoms in total. The van der Waals surface area contributed by atoms with Crippen LogP contribution in [0.1, 0.15) is 49.1 Å². The van der Waals surface area contributed by atoms with Gasteiger partial charge < -0.3 is 15.4 Å². The number of hydrogen-bond donors (Lipinski definition) is 2. The Morgan fingerprint density at radius 1 is 1.12 bits per heavy atom. The number of benzene rings is 2. The number of carbonyl (C=O) groups is 3. The SMILES string of the molecule is C#CN(C(=O)CNC(=O)OC(C)(C)C)C(C(=O)Nc1c(C)cccc1Cl)c1cc(C)ccc1C. The summed E-state index contributed by atoms with van der Waals surface area (Å²) in [5, 5.41) is 5.57. The van der Waals surface area contributed by atoms with Crippen molar-refractivity contribution < 1.29 is 19.1 Å². The second-order valence-electron chi connectivity index (χ2n) is 8.93. The van der Waals surface area contributed by atoms with Gasteiger partial charge in [-0.3, -0.25) is 14.5 Å². The number of hydrogen-bond acceptors (Lipinski definition) is 4. The minimum atomic E-state index is -1.16. The van der Waals surface area contributed by atoms with Gasteiger partial charge in [0, 0.05) is 6.04 Å². The van der Waals surface area contributed by atoms with Crippen LogP contribution in [0.3, 0.4) is 0 Å². The summed E-state index contributed by atoms with van der Waals surface area (Å²) in [7, 11) is 0. The van der Waals surface area contributed by atoms with E-state index in [0.717, 1.165) is 21.6 Å². The molecule has 0 fully saturated rings. The van der Waals surface area contributed by atoms with Crippen molar-refractivity contribution in [2.45, 2.75) is 53.2 Å². The van der Waals surface area contributed by atoms with E-state index in [0.29, 0.717) is 16.3 Å². The molecule has 0 spiro atoms. The first-order valence-corrected chi connectivity index (χ1v) is 11.1. The number of amides is 3. The first kappa shape index (κ1) is 26.7. The predicted octanol–water partition coefficient (Wildman–Crippen LogP) is 4.89. The zero-order valence-electron chi connectivity index (χ0n) is 20.3. The van der Waals surface area contributed by atoms with E-state index in [2.05, 4.69) is 16.7 Å². The van der Waals surface area contributed by atoms with E-state index in [-0.39, 0.29) is 0 Å². The molecule has 0 aromatic heterocycles. The van der Waals surface area contributed by atoms with Gasteiger partial charge in [0.05, 0.1) is 10.7 Å². The first-order valence-electron chi connectivity index (χ1n) is 10.7. The molecule has 2 N–H and O–H groups in total. The fourth-order valence-electron chi connectivity index (χ4n) is 3.27. The molecule has 0 bridgehead atoms. The van der Waals surface area contributed by atoms with Gasteiger partial charge in [0.1, 0.15) is 18.2 Å². The van der Waals surface area contributed by atoms with Crippen LogP contribution in [0.2, 0.25) is 5.02 Å². The quantitative estimate of drug-likeness (QED) is 0.452. The van der Waals surface area contributed by atoms with Crippen LogP contribution in [-0.4, -0.2) is 35.0 Å². The molecule has 2 aromatic carbocycles. The number of nitrogens with zero attached hydrogens (tertiary/aromatic N) is 1. The Bertz CT molecular complexity index is 1110. The van der Waals surface area contributed by atoms with Crippen LogP contribution in [-0.2, 0) is 14.3 Å². The van der Waals surface area contributed by atoms with Crippen LogP contribution in [0.25, 0.3) is 0 Å². The van der Waals surface area contributed by atoms with Crippen LogP contribution < -0.4 is 10.6 Å². The fraction of sp³-hybridized carbons (Fsp3) is 0.346. The zero-order chi connectivity index (χ0) is 25.6. The fourth-order valence-corrected chi connectivity index (χ4v) is 3.54. The lowest BCUT2D eigenvalue weighted by molar-refractivity contribution is -0.134. The van der Waals surface area contributed by atoms with Gasteiger partial charge in [-0.25, -0.2) is 4.79 Å². The molecule has 1 unspecified atom stereocenters. The van der Waals surface area contributed by atoms with Gasteiger partial charge in [-0.2, -0.15) is 0 Å². The highest BCUT2D eigenvalue weighted by Crippen LogP contribution is 2.30. The average molecular weight is 484 g/mol. The summed E-state index contributed by atoms with van der Waals surface area (Å²) in [6.07, 6.45) is 4.94. The summed E-state index contributed by atoms with van der Waals surface area (Å²) in [5.74, 6) is -1.18. The van der Waals surface area contributed by atoms with Gasteiger partial charge in [0.2, 0.25) is 0 Å². The van der Waals surface area contributed by atoms with Crippen LogP contribution in [0.4, 0.5) is 10.5 Å². The minimum Gasteiger partial charge on any atom is -0.444 e. The molecule has 2 rings (SSSR count). The summed E-state index contributed by atoms with van der Waals surface area (Å²) < 4.78 is 5.17. The Kier molecular flexibility index (Phi) is 8.72. The maximum atomic E-state index is 13.5. The van der Waals surface area contributed by atoms with E-state index in [1.807, 2.05) is 39.0 Å². The van der Waals surface area contributed by atoms with Crippen LogP contribution in [0.15, 0.2) is 36.4 Å². The van der Waals surface area contributed by atoms with E-state index < -0.39 is 36.1 Å². The van der Waals surface area contributed by atoms with Crippen molar-refractivity contribution >= 4 is 35.2 Å². The molecule has 0 aliphatic heterocycles. The first-order chi connectivity index (χ1) is 15.8. The van der Waals surface area contributed by atoms with Crippen molar-refractivity contribution in [2.75, 3.05) is 11.9 Å². The third-order valence-electron chi connectivity index (χ3n) is 4.90. The third-order valence-corrected chi connectivity index (χ3v) is 5.21. The Hall–Kier alpha value is -3.50. The maximum Gasteiger partial charge on any atom is 0.408 e. The number of alkyl carbamates (subject to hydrolysis) is 1. The highest BCUT2D eigenvalue weighted by molar-refractivity contribution is 6.34. The largest absolute Gasteiger partial charge is 0.444 e. The summed E-state index contributed by atoms with van der Waals surface area (Å²) in [6, 6.07) is 11.9. The van der Waals surface area contributed by atoms with E-state index in [9.17, 15) is 14.4 Å². The molecule has 0 aliphatic rings. The smallest absolute Gasteiger partial charge is 0.408 e. The molecular formula is C26H30ClN3O4. The highest BCUT2D eigenvalue weighted by atomic mass is 35.5. The number of terminal acetylenes is 1. The van der Waals surface area contributed by atoms with Gasteiger partial charge in [-0.15, -0.1) is 0 Å². The van der Waals surface area contributed by atoms with Gasteiger partial charge >= 0.3 is 6.09 Å². The van der Waals surface area contributed by atoms with Crippen molar-refractivity contribution in [1.82, 2.24) is 10.2 Å². The van der Waals surface area contributed by atoms with Crippen LogP contribution in [0, 0.1) is 33.2 Å². The van der Waals surface area contributed by atoms with Gasteiger partial charge in [0.25, 0.3) is 11.8 Å². The molecule has 0 saturated heterocycles. The summed E-state index contributed by atoms with van der Waals surface area (Å²) in [4.78, 5) is 39.6. The van der Waals surface area contributed by atoms with E-state index in [4.69, 9.17) is 22.8 Å². The molecule has 180 valence electrons. The molecule has 8 heteroatoms. The molecule has 0 aliphatic carbocycles. The Balaban J connectivity index is 2.40. The molecule has 34 heavy (non-hydrogen) atoms. The lowest BCUT2D eigenvalue weighted by Crippen LogP contribution is -2.44. The topological polar surface area (TPSA) is 87.7 Å². The van der Waals surface area contributed by atoms with Gasteiger partial charge in [-0.05, 0) is 64.3 Å². The molecule has 0 saturated carbocycles. The van der Waals surface area contributed by atoms with Gasteiger partial charge in [0.15, 0.2) is 0 Å². The van der Waals surface area contributed by atoms with Crippen LogP contribution in [0.5, 0.6) is 0 Å². The molecule has 1 atom stereocenters. The monoisotopic (exact) mass is 483 g/mol. The number of anilines is 1. The number of aryl methyl sites for hydroxylation is 3. The number of carbonyl (C=O) groups excluding carboxylic acids is 3. The Morgan fingerprint density at radius 2 is 1.79 bits per heavy atom. The Labute approximate surface area is 205 Å². The van der Waals surface area contributed by atoms with Crippen molar-refractivity contribution in [2.24, 2.45) is 0 Å². The van der Waals surface area contributed by atoms with Crippen molar-refractivity contribution in [1.29, 1.82) is 0 Å². The number of para-hydroxylation sites is 1. The molecular weight excluding hydrogens is 454 g/mol. The average Bonchev–Trinajstić information content (AvgIpc) is 2.73. The van der Waals surface area contributed by atoms with E-state index in [1.54, 1.807) is 39.0 Å². The molecule has 2 aromatic rings. The minimum absolute atomic E-state index is 0.359. The molecule has 0 radical (unpaired) electrons. The normalized spacial score (nSPS) is 11.7. The summed E-state index contributed by atoms with van der Waals surface area (Å²) in [6.45, 7) is 10.2. The zero-order valence-corrected chi connectivity index (χ0v) is 21.0. The van der Waals surface area contributed by atoms with Crippen molar-refractivity contribution in [3.8, 4) is 12.5 Å². The summed E-state index contributed by atoms with van der Waals surface area (Å²) >= 11 is 6.30. The standard InChI is InChI=1S/C26H30ClN3O4/c1-8-30(21(31)15-28-25(33)34-26(5,6)7)23(19-14-16(2)12-13-17(19)3)24(32)29-22-18(4)10-9-11-20(22)27/h1,9-14,23H,15H2,2-7H3,(H,28,33)(H,29,32). The lowest BCUT2D eigenvalue weighted by atomic mass is 9.96. The van der Waals surface area contributed by atoms with E-state index in [1.165, 1.54) is 0 Å². The number of rotatable bonds is 6. The lowest BCUT2D eigenvalue weighted by Gasteiger charge is -2.28. The second kappa shape index (κ2) is 11.1. The number of halogens is 1. The predicted molar refractivity (Wildman–Crippen MR) is 133 cm³/mol. The third kappa shape index (κ3) is 7.00. The Morgan fingerprint density at radius 3 is 2.38 bits per heavy atom. The van der Waals surface area contributed by atoms with Crippen LogP contribution >= 0.6 is 11.6 Å². The number of ether oxygens (including phenoxy) is 1.